The summed E-state index contributed by atoms with van der Waals surface area (Å²) < 4.78 is 11.3. The number of esters is 1. The molecule has 250 valence electrons. The Bertz CT molecular complexity index is 764. The van der Waals surface area contributed by atoms with Gasteiger partial charge in [0.25, 0.3) is 0 Å². The van der Waals surface area contributed by atoms with Gasteiger partial charge in [0.2, 0.25) is 0 Å². The largest absolute Gasteiger partial charge is 0.455 e. The van der Waals surface area contributed by atoms with Gasteiger partial charge in [0.05, 0.1) is 30.5 Å². The van der Waals surface area contributed by atoms with Crippen molar-refractivity contribution in [2.24, 2.45) is 0 Å². The van der Waals surface area contributed by atoms with Crippen LogP contribution in [0.2, 0.25) is 0 Å². The van der Waals surface area contributed by atoms with Crippen LogP contribution >= 0.6 is 0 Å². The van der Waals surface area contributed by atoms with E-state index in [1.807, 2.05) is 13.0 Å². The fourth-order valence-corrected chi connectivity index (χ4v) is 6.43. The van der Waals surface area contributed by atoms with Crippen LogP contribution in [0.4, 0.5) is 0 Å². The zero-order valence-corrected chi connectivity index (χ0v) is 27.7. The molecule has 0 amide bonds. The van der Waals surface area contributed by atoms with Gasteiger partial charge in [0.15, 0.2) is 0 Å². The summed E-state index contributed by atoms with van der Waals surface area (Å²) in [7, 11) is 0. The number of allylic oxidation sites excluding steroid dienone is 2. The number of cyclic esters (lactones) is 1. The van der Waals surface area contributed by atoms with Crippen molar-refractivity contribution in [3.8, 4) is 0 Å². The van der Waals surface area contributed by atoms with Crippen LogP contribution in [-0.4, -0.2) is 57.9 Å². The molecule has 2 aliphatic rings. The zero-order valence-electron chi connectivity index (χ0n) is 27.7. The first kappa shape index (κ1) is 38.0. The summed E-state index contributed by atoms with van der Waals surface area (Å²) >= 11 is 0. The first-order valence-electron chi connectivity index (χ1n) is 18.2. The molecule has 6 heteroatoms. The third kappa shape index (κ3) is 17.8. The van der Waals surface area contributed by atoms with Crippen LogP contribution < -0.4 is 0 Å². The number of rotatable bonds is 27. The highest BCUT2D eigenvalue weighted by Gasteiger charge is 2.31. The molecule has 0 bridgehead atoms. The van der Waals surface area contributed by atoms with E-state index in [2.05, 4.69) is 19.1 Å². The summed E-state index contributed by atoms with van der Waals surface area (Å²) in [5.74, 6) is -0.147. The number of unbranched alkanes of at least 4 members (excludes halogenated alkanes) is 14. The van der Waals surface area contributed by atoms with Crippen LogP contribution in [-0.2, 0) is 14.3 Å². The van der Waals surface area contributed by atoms with E-state index in [1.165, 1.54) is 64.2 Å². The molecule has 43 heavy (non-hydrogen) atoms. The minimum atomic E-state index is -0.804. The van der Waals surface area contributed by atoms with Crippen LogP contribution in [0, 0.1) is 0 Å². The molecule has 0 aromatic rings. The zero-order chi connectivity index (χ0) is 31.1. The molecule has 0 radical (unpaired) electrons. The Labute approximate surface area is 263 Å². The molecule has 1 saturated heterocycles. The smallest absolute Gasteiger partial charge is 0.334 e. The number of aliphatic hydroxyl groups excluding tert-OH is 3. The van der Waals surface area contributed by atoms with Gasteiger partial charge < -0.3 is 24.8 Å². The van der Waals surface area contributed by atoms with Gasteiger partial charge in [-0.25, -0.2) is 4.79 Å². The van der Waals surface area contributed by atoms with Crippen molar-refractivity contribution in [3.05, 3.63) is 23.8 Å². The molecule has 0 aromatic heterocycles. The molecule has 0 aromatic carbocycles. The van der Waals surface area contributed by atoms with E-state index in [0.717, 1.165) is 76.2 Å². The number of carbonyl (C=O) groups excluding carboxylic acids is 1. The average molecular weight is 607 g/mol. The van der Waals surface area contributed by atoms with E-state index in [4.69, 9.17) is 9.47 Å². The topological polar surface area (TPSA) is 96.2 Å². The summed E-state index contributed by atoms with van der Waals surface area (Å²) in [6, 6.07) is 0. The van der Waals surface area contributed by atoms with Crippen molar-refractivity contribution in [1.82, 2.24) is 0 Å². The lowest BCUT2D eigenvalue weighted by molar-refractivity contribution is -0.139. The highest BCUT2D eigenvalue weighted by Crippen LogP contribution is 2.28. The van der Waals surface area contributed by atoms with Crippen molar-refractivity contribution in [2.45, 2.75) is 205 Å². The Balaban J connectivity index is 1.40. The second kappa shape index (κ2) is 24.1. The number of aliphatic hydroxyl groups is 3. The fraction of sp³-hybridized carbons (Fsp3) is 0.865. The van der Waals surface area contributed by atoms with Crippen LogP contribution in [0.15, 0.2) is 23.8 Å². The standard InChI is InChI=1S/C37H66O6/c1-3-4-5-6-7-8-9-10-11-12-13-14-18-21-24-33(38)34(39)26-27-35(40)36-28-25-32(43-36)23-20-17-15-16-19-22-31-29-30(2)42-37(31)41/h14,18,29-30,32-36,38-40H,3-13,15-17,19-28H2,1-2H3/b18-14-/t30-,32+,33+,34+,35-,36-/m0/s1. The third-order valence-electron chi connectivity index (χ3n) is 9.26. The summed E-state index contributed by atoms with van der Waals surface area (Å²) in [6.07, 6.45) is 30.2. The lowest BCUT2D eigenvalue weighted by Gasteiger charge is -2.22. The van der Waals surface area contributed by atoms with Crippen molar-refractivity contribution < 1.29 is 29.6 Å². The van der Waals surface area contributed by atoms with Crippen LogP contribution in [0.1, 0.15) is 168 Å². The lowest BCUT2D eigenvalue weighted by Crippen LogP contribution is -2.31. The monoisotopic (exact) mass is 606 g/mol. The van der Waals surface area contributed by atoms with Gasteiger partial charge >= 0.3 is 5.97 Å². The molecule has 2 heterocycles. The maximum atomic E-state index is 11.7. The molecule has 0 spiro atoms. The second-order valence-corrected chi connectivity index (χ2v) is 13.3. The number of hydrogen-bond acceptors (Lipinski definition) is 6. The Morgan fingerprint density at radius 2 is 1.37 bits per heavy atom. The van der Waals surface area contributed by atoms with Crippen molar-refractivity contribution >= 4 is 5.97 Å². The number of carbonyl (C=O) groups is 1. The molecule has 1 fully saturated rings. The van der Waals surface area contributed by atoms with Gasteiger partial charge in [-0.1, -0.05) is 103 Å². The fourth-order valence-electron chi connectivity index (χ4n) is 6.43. The summed E-state index contributed by atoms with van der Waals surface area (Å²) in [5, 5.41) is 31.4. The minimum absolute atomic E-state index is 0.0748. The van der Waals surface area contributed by atoms with E-state index in [0.29, 0.717) is 19.3 Å². The quantitative estimate of drug-likeness (QED) is 0.0492. The predicted octanol–water partition coefficient (Wildman–Crippen LogP) is 8.65. The first-order chi connectivity index (χ1) is 20.9. The van der Waals surface area contributed by atoms with Gasteiger partial charge in [-0.15, -0.1) is 0 Å². The molecular weight excluding hydrogens is 540 g/mol. The Morgan fingerprint density at radius 3 is 2.05 bits per heavy atom. The SMILES string of the molecule is CCCCCCCCCCCC/C=C\CC[C@@H](O)[C@H](O)CC[C@H](O)[C@@H]1CC[C@@H](CCCCCCCC2=C[C@H](C)OC2=O)O1. The van der Waals surface area contributed by atoms with E-state index < -0.39 is 18.3 Å². The van der Waals surface area contributed by atoms with Crippen LogP contribution in [0.5, 0.6) is 0 Å². The van der Waals surface area contributed by atoms with E-state index in [9.17, 15) is 20.1 Å². The van der Waals surface area contributed by atoms with Crippen molar-refractivity contribution in [2.75, 3.05) is 0 Å². The molecule has 2 aliphatic heterocycles. The van der Waals surface area contributed by atoms with Gasteiger partial charge in [0, 0.05) is 5.57 Å². The Morgan fingerprint density at radius 1 is 0.767 bits per heavy atom. The van der Waals surface area contributed by atoms with Gasteiger partial charge in [-0.3, -0.25) is 0 Å². The molecule has 0 unspecified atom stereocenters. The summed E-state index contributed by atoms with van der Waals surface area (Å²) in [5.41, 5.74) is 0.834. The number of hydrogen-bond donors (Lipinski definition) is 3. The maximum Gasteiger partial charge on any atom is 0.334 e. The van der Waals surface area contributed by atoms with Crippen LogP contribution in [0.25, 0.3) is 0 Å². The number of ether oxygens (including phenoxy) is 2. The predicted molar refractivity (Wildman–Crippen MR) is 176 cm³/mol. The average Bonchev–Trinajstić information content (AvgIpc) is 3.60. The highest BCUT2D eigenvalue weighted by molar-refractivity contribution is 5.90. The molecule has 3 N–H and O–H groups in total. The normalized spacial score (nSPS) is 22.7. The molecular formula is C37H66O6. The van der Waals surface area contributed by atoms with E-state index in [-0.39, 0.29) is 24.3 Å². The second-order valence-electron chi connectivity index (χ2n) is 13.3. The molecule has 6 nitrogen and oxygen atoms in total. The molecule has 2 rings (SSSR count). The maximum absolute atomic E-state index is 11.7. The Hall–Kier alpha value is -1.21. The molecule has 0 aliphatic carbocycles. The van der Waals surface area contributed by atoms with Gasteiger partial charge in [-0.2, -0.15) is 0 Å². The van der Waals surface area contributed by atoms with Crippen molar-refractivity contribution in [3.63, 3.8) is 0 Å². The van der Waals surface area contributed by atoms with E-state index in [1.54, 1.807) is 0 Å². The van der Waals surface area contributed by atoms with Gasteiger partial charge in [-0.05, 0) is 83.6 Å². The summed E-state index contributed by atoms with van der Waals surface area (Å²) in [6.45, 7) is 4.16. The first-order valence-corrected chi connectivity index (χ1v) is 18.2. The highest BCUT2D eigenvalue weighted by atomic mass is 16.5. The molecule has 0 saturated carbocycles. The molecule has 6 atom stereocenters. The summed E-state index contributed by atoms with van der Waals surface area (Å²) in [4.78, 5) is 11.7. The van der Waals surface area contributed by atoms with E-state index >= 15 is 0 Å². The van der Waals surface area contributed by atoms with Crippen molar-refractivity contribution in [1.29, 1.82) is 0 Å². The Kier molecular flexibility index (Phi) is 21.3. The third-order valence-corrected chi connectivity index (χ3v) is 9.26. The lowest BCUT2D eigenvalue weighted by atomic mass is 9.98. The van der Waals surface area contributed by atoms with Gasteiger partial charge in [0.1, 0.15) is 6.10 Å². The van der Waals surface area contributed by atoms with Crippen LogP contribution in [0.3, 0.4) is 0 Å². The minimum Gasteiger partial charge on any atom is -0.455 e.